The zero-order valence-corrected chi connectivity index (χ0v) is 9.25. The van der Waals surface area contributed by atoms with Crippen molar-refractivity contribution in [2.45, 2.75) is 20.3 Å². The first-order chi connectivity index (χ1) is 7.17. The molecule has 0 bridgehead atoms. The van der Waals surface area contributed by atoms with Gasteiger partial charge in [0.1, 0.15) is 6.26 Å². The van der Waals surface area contributed by atoms with Crippen molar-refractivity contribution in [1.82, 2.24) is 5.32 Å². The summed E-state index contributed by atoms with van der Waals surface area (Å²) in [5.74, 6) is 0.575. The Morgan fingerprint density at radius 2 is 2.40 bits per heavy atom. The van der Waals surface area contributed by atoms with Crippen molar-refractivity contribution in [2.24, 2.45) is 11.3 Å². The molecule has 1 unspecified atom stereocenters. The van der Waals surface area contributed by atoms with Gasteiger partial charge in [-0.2, -0.15) is 0 Å². The van der Waals surface area contributed by atoms with E-state index in [1.807, 2.05) is 0 Å². The topological polar surface area (TPSA) is 42.2 Å². The van der Waals surface area contributed by atoms with Crippen LogP contribution in [0.2, 0.25) is 0 Å². The molecule has 0 saturated carbocycles. The van der Waals surface area contributed by atoms with Crippen molar-refractivity contribution in [2.75, 3.05) is 13.1 Å². The predicted octanol–water partition coefficient (Wildman–Crippen LogP) is 2.10. The van der Waals surface area contributed by atoms with E-state index in [4.69, 9.17) is 4.42 Å². The summed E-state index contributed by atoms with van der Waals surface area (Å²) in [5.41, 5.74) is 0.469. The number of ketones is 1. The number of hydrogen-bond acceptors (Lipinski definition) is 3. The summed E-state index contributed by atoms with van der Waals surface area (Å²) >= 11 is 0. The van der Waals surface area contributed by atoms with E-state index in [1.165, 1.54) is 0 Å². The molecule has 3 nitrogen and oxygen atoms in total. The van der Waals surface area contributed by atoms with E-state index in [-0.39, 0.29) is 11.2 Å². The maximum Gasteiger partial charge on any atom is 0.173 e. The highest BCUT2D eigenvalue weighted by molar-refractivity contribution is 6.00. The van der Waals surface area contributed by atoms with Crippen molar-refractivity contribution in [3.63, 3.8) is 0 Å². The number of furan rings is 1. The van der Waals surface area contributed by atoms with Gasteiger partial charge in [-0.15, -0.1) is 0 Å². The second-order valence-electron chi connectivity index (χ2n) is 4.58. The number of nitrogens with one attached hydrogen (secondary N) is 1. The zero-order valence-electron chi connectivity index (χ0n) is 9.25. The van der Waals surface area contributed by atoms with E-state index < -0.39 is 0 Å². The molecule has 0 amide bonds. The lowest BCUT2D eigenvalue weighted by molar-refractivity contribution is 0.0739. The highest BCUT2D eigenvalue weighted by Crippen LogP contribution is 2.37. The number of rotatable bonds is 3. The molecule has 1 fully saturated rings. The third kappa shape index (κ3) is 1.61. The van der Waals surface area contributed by atoms with E-state index in [2.05, 4.69) is 19.2 Å². The first-order valence-electron chi connectivity index (χ1n) is 5.44. The lowest BCUT2D eigenvalue weighted by Gasteiger charge is -2.30. The lowest BCUT2D eigenvalue weighted by atomic mass is 9.71. The standard InChI is InChI=1S/C12H17NO2/c1-9(2)12(4-5-13-8-12)11(14)10-3-6-15-7-10/h3,6-7,9,13H,4-5,8H2,1-2H3. The molecule has 0 spiro atoms. The van der Waals surface area contributed by atoms with Gasteiger partial charge >= 0.3 is 0 Å². The van der Waals surface area contributed by atoms with E-state index in [1.54, 1.807) is 18.6 Å². The number of Topliss-reactive ketones (excluding diaryl/α,β-unsaturated/α-hetero) is 1. The van der Waals surface area contributed by atoms with Crippen LogP contribution >= 0.6 is 0 Å². The van der Waals surface area contributed by atoms with Gasteiger partial charge in [0.05, 0.1) is 11.8 Å². The summed E-state index contributed by atoms with van der Waals surface area (Å²) in [7, 11) is 0. The Balaban J connectivity index is 2.30. The number of hydrogen-bond donors (Lipinski definition) is 1. The van der Waals surface area contributed by atoms with Crippen molar-refractivity contribution < 1.29 is 9.21 Å². The Kier molecular flexibility index (Phi) is 2.65. The Morgan fingerprint density at radius 1 is 1.60 bits per heavy atom. The predicted molar refractivity (Wildman–Crippen MR) is 57.8 cm³/mol. The lowest BCUT2D eigenvalue weighted by Crippen LogP contribution is -2.38. The smallest absolute Gasteiger partial charge is 0.173 e. The molecular weight excluding hydrogens is 190 g/mol. The largest absolute Gasteiger partial charge is 0.472 e. The molecule has 2 rings (SSSR count). The average molecular weight is 207 g/mol. The van der Waals surface area contributed by atoms with Crippen LogP contribution in [-0.4, -0.2) is 18.9 Å². The minimum Gasteiger partial charge on any atom is -0.472 e. The Bertz CT molecular complexity index is 335. The molecule has 1 saturated heterocycles. The molecule has 1 aromatic rings. The van der Waals surface area contributed by atoms with E-state index in [0.29, 0.717) is 11.5 Å². The minimum absolute atomic E-state index is 0.219. The number of carbonyl (C=O) groups is 1. The molecule has 0 aliphatic carbocycles. The van der Waals surface area contributed by atoms with Crippen LogP contribution in [0.15, 0.2) is 23.0 Å². The van der Waals surface area contributed by atoms with Crippen LogP contribution in [0.1, 0.15) is 30.6 Å². The SMILES string of the molecule is CC(C)C1(C(=O)c2ccoc2)CCNC1. The maximum absolute atomic E-state index is 12.4. The van der Waals surface area contributed by atoms with Gasteiger partial charge < -0.3 is 9.73 Å². The van der Waals surface area contributed by atoms with Gasteiger partial charge in [-0.05, 0) is 24.9 Å². The van der Waals surface area contributed by atoms with Crippen molar-refractivity contribution in [3.05, 3.63) is 24.2 Å². The third-order valence-electron chi connectivity index (χ3n) is 3.53. The summed E-state index contributed by atoms with van der Waals surface area (Å²) in [6.07, 6.45) is 4.03. The van der Waals surface area contributed by atoms with Gasteiger partial charge in [-0.1, -0.05) is 13.8 Å². The molecule has 1 aliphatic heterocycles. The Hall–Kier alpha value is -1.09. The molecule has 1 N–H and O–H groups in total. The van der Waals surface area contributed by atoms with Crippen molar-refractivity contribution >= 4 is 5.78 Å². The average Bonchev–Trinajstić information content (AvgIpc) is 2.89. The summed E-state index contributed by atoms with van der Waals surface area (Å²) < 4.78 is 4.98. The monoisotopic (exact) mass is 207 g/mol. The molecule has 1 aliphatic rings. The molecule has 82 valence electrons. The van der Waals surface area contributed by atoms with Crippen LogP contribution < -0.4 is 5.32 Å². The molecular formula is C12H17NO2. The molecule has 15 heavy (non-hydrogen) atoms. The second-order valence-corrected chi connectivity index (χ2v) is 4.58. The van der Waals surface area contributed by atoms with Crippen LogP contribution in [0.25, 0.3) is 0 Å². The quantitative estimate of drug-likeness (QED) is 0.772. The summed E-state index contributed by atoms with van der Waals surface area (Å²) in [5, 5.41) is 3.29. The zero-order chi connectivity index (χ0) is 10.9. The van der Waals surface area contributed by atoms with E-state index >= 15 is 0 Å². The van der Waals surface area contributed by atoms with Gasteiger partial charge in [-0.25, -0.2) is 0 Å². The van der Waals surface area contributed by atoms with Gasteiger partial charge in [0.2, 0.25) is 0 Å². The fourth-order valence-corrected chi connectivity index (χ4v) is 2.34. The summed E-state index contributed by atoms with van der Waals surface area (Å²) in [4.78, 5) is 12.4. The van der Waals surface area contributed by atoms with Gasteiger partial charge in [0, 0.05) is 12.0 Å². The first kappa shape index (κ1) is 10.4. The van der Waals surface area contributed by atoms with Crippen LogP contribution in [0, 0.1) is 11.3 Å². The molecule has 1 aromatic heterocycles. The summed E-state index contributed by atoms with van der Waals surface area (Å²) in [6.45, 7) is 5.95. The highest BCUT2D eigenvalue weighted by atomic mass is 16.3. The fraction of sp³-hybridized carbons (Fsp3) is 0.583. The van der Waals surface area contributed by atoms with Crippen LogP contribution in [0.5, 0.6) is 0 Å². The van der Waals surface area contributed by atoms with E-state index in [9.17, 15) is 4.79 Å². The fourth-order valence-electron chi connectivity index (χ4n) is 2.34. The molecule has 1 atom stereocenters. The molecule has 0 radical (unpaired) electrons. The normalized spacial score (nSPS) is 26.1. The first-order valence-corrected chi connectivity index (χ1v) is 5.44. The highest BCUT2D eigenvalue weighted by Gasteiger charge is 2.44. The number of carbonyl (C=O) groups excluding carboxylic acids is 1. The van der Waals surface area contributed by atoms with Crippen molar-refractivity contribution in [1.29, 1.82) is 0 Å². The molecule has 2 heterocycles. The van der Waals surface area contributed by atoms with Gasteiger partial charge in [-0.3, -0.25) is 4.79 Å². The van der Waals surface area contributed by atoms with Gasteiger partial charge in [0.15, 0.2) is 5.78 Å². The molecule has 0 aromatic carbocycles. The summed E-state index contributed by atoms with van der Waals surface area (Å²) in [6, 6.07) is 1.75. The Labute approximate surface area is 89.9 Å². The second kappa shape index (κ2) is 3.81. The van der Waals surface area contributed by atoms with Crippen LogP contribution in [0.3, 0.4) is 0 Å². The molecule has 3 heteroatoms. The van der Waals surface area contributed by atoms with Gasteiger partial charge in [0.25, 0.3) is 0 Å². The van der Waals surface area contributed by atoms with Crippen LogP contribution in [-0.2, 0) is 0 Å². The van der Waals surface area contributed by atoms with E-state index in [0.717, 1.165) is 19.5 Å². The third-order valence-corrected chi connectivity index (χ3v) is 3.53. The Morgan fingerprint density at radius 3 is 2.87 bits per heavy atom. The van der Waals surface area contributed by atoms with Crippen molar-refractivity contribution in [3.8, 4) is 0 Å². The van der Waals surface area contributed by atoms with Crippen LogP contribution in [0.4, 0.5) is 0 Å². The maximum atomic E-state index is 12.4. The minimum atomic E-state index is -0.232.